The summed E-state index contributed by atoms with van der Waals surface area (Å²) in [5.41, 5.74) is 0.658. The molecule has 1 N–H and O–H groups in total. The Morgan fingerprint density at radius 2 is 2.27 bits per heavy atom. The van der Waals surface area contributed by atoms with Gasteiger partial charge in [0.2, 0.25) is 0 Å². The fourth-order valence-electron chi connectivity index (χ4n) is 0.670. The van der Waals surface area contributed by atoms with Crippen LogP contribution in [0, 0.1) is 0 Å². The van der Waals surface area contributed by atoms with Crippen molar-refractivity contribution in [1.82, 2.24) is 0 Å². The first-order valence-corrected chi connectivity index (χ1v) is 3.73. The summed E-state index contributed by atoms with van der Waals surface area (Å²) in [6, 6.07) is 0. The Kier molecular flexibility index (Phi) is 5.17. The van der Waals surface area contributed by atoms with Gasteiger partial charge in [-0.05, 0) is 12.0 Å². The van der Waals surface area contributed by atoms with E-state index in [1.54, 1.807) is 6.08 Å². The molecule has 0 atom stereocenters. The van der Waals surface area contributed by atoms with Gasteiger partial charge in [-0.15, -0.1) is 0 Å². The van der Waals surface area contributed by atoms with Gasteiger partial charge >= 0.3 is 5.97 Å². The van der Waals surface area contributed by atoms with Crippen LogP contribution in [0.5, 0.6) is 0 Å². The molecule has 0 aliphatic heterocycles. The van der Waals surface area contributed by atoms with Crippen LogP contribution in [-0.2, 0) is 4.79 Å². The third-order valence-electron chi connectivity index (χ3n) is 1.19. The predicted octanol–water partition coefficient (Wildman–Crippen LogP) is 2.37. The zero-order valence-electron chi connectivity index (χ0n) is 6.84. The number of allylic oxidation sites excluding steroid dienone is 2. The van der Waals surface area contributed by atoms with Gasteiger partial charge in [-0.2, -0.15) is 0 Å². The molecule has 2 nitrogen and oxygen atoms in total. The number of hydrogen-bond donors (Lipinski definition) is 1. The lowest BCUT2D eigenvalue weighted by molar-refractivity contribution is -0.136. The smallest absolute Gasteiger partial charge is 0.307 e. The van der Waals surface area contributed by atoms with Gasteiger partial charge < -0.3 is 5.11 Å². The van der Waals surface area contributed by atoms with Crippen molar-refractivity contribution in [3.8, 4) is 0 Å². The van der Waals surface area contributed by atoms with Gasteiger partial charge in [0, 0.05) is 0 Å². The summed E-state index contributed by atoms with van der Waals surface area (Å²) < 4.78 is 0. The zero-order chi connectivity index (χ0) is 8.69. The molecule has 0 radical (unpaired) electrons. The average Bonchev–Trinajstić information content (AvgIpc) is 1.86. The van der Waals surface area contributed by atoms with Crippen LogP contribution >= 0.6 is 0 Å². The third kappa shape index (κ3) is 6.84. The van der Waals surface area contributed by atoms with E-state index in [1.807, 2.05) is 6.08 Å². The van der Waals surface area contributed by atoms with E-state index in [1.165, 1.54) is 0 Å². The van der Waals surface area contributed by atoms with Crippen molar-refractivity contribution in [2.75, 3.05) is 0 Å². The summed E-state index contributed by atoms with van der Waals surface area (Å²) >= 11 is 0. The first kappa shape index (κ1) is 9.95. The molecule has 0 heterocycles. The SMILES string of the molecule is C=C(C=CCCC)CC(=O)O. The van der Waals surface area contributed by atoms with Crippen molar-refractivity contribution < 1.29 is 9.90 Å². The molecular weight excluding hydrogens is 140 g/mol. The molecule has 0 aliphatic carbocycles. The van der Waals surface area contributed by atoms with E-state index >= 15 is 0 Å². The Morgan fingerprint density at radius 1 is 1.64 bits per heavy atom. The first-order valence-electron chi connectivity index (χ1n) is 3.73. The maximum absolute atomic E-state index is 10.1. The van der Waals surface area contributed by atoms with Crippen molar-refractivity contribution in [2.24, 2.45) is 0 Å². The second-order valence-electron chi connectivity index (χ2n) is 2.42. The quantitative estimate of drug-likeness (QED) is 0.617. The molecule has 0 saturated carbocycles. The number of rotatable bonds is 5. The third-order valence-corrected chi connectivity index (χ3v) is 1.19. The van der Waals surface area contributed by atoms with Crippen LogP contribution in [0.25, 0.3) is 0 Å². The van der Waals surface area contributed by atoms with Gasteiger partial charge in [0.25, 0.3) is 0 Å². The molecule has 0 saturated heterocycles. The highest BCUT2D eigenvalue weighted by atomic mass is 16.4. The molecule has 11 heavy (non-hydrogen) atoms. The van der Waals surface area contributed by atoms with Crippen molar-refractivity contribution in [2.45, 2.75) is 26.2 Å². The molecule has 0 spiro atoms. The number of unbranched alkanes of at least 4 members (excludes halogenated alkanes) is 1. The molecule has 0 amide bonds. The summed E-state index contributed by atoms with van der Waals surface area (Å²) in [7, 11) is 0. The van der Waals surface area contributed by atoms with E-state index in [-0.39, 0.29) is 6.42 Å². The second-order valence-corrected chi connectivity index (χ2v) is 2.42. The van der Waals surface area contributed by atoms with Crippen LogP contribution in [0.15, 0.2) is 24.3 Å². The fraction of sp³-hybridized carbons (Fsp3) is 0.444. The number of carboxylic acids is 1. The van der Waals surface area contributed by atoms with E-state index in [0.717, 1.165) is 12.8 Å². The number of carboxylic acid groups (broad SMARTS) is 1. The van der Waals surface area contributed by atoms with Crippen LogP contribution in [0.4, 0.5) is 0 Å². The summed E-state index contributed by atoms with van der Waals surface area (Å²) in [6.07, 6.45) is 5.83. The van der Waals surface area contributed by atoms with E-state index < -0.39 is 5.97 Å². The number of aliphatic carboxylic acids is 1. The molecule has 0 unspecified atom stereocenters. The monoisotopic (exact) mass is 154 g/mol. The van der Waals surface area contributed by atoms with Gasteiger partial charge in [-0.1, -0.05) is 32.1 Å². The molecule has 0 aliphatic rings. The van der Waals surface area contributed by atoms with Crippen LogP contribution in [0.2, 0.25) is 0 Å². The van der Waals surface area contributed by atoms with Crippen molar-refractivity contribution in [1.29, 1.82) is 0 Å². The summed E-state index contributed by atoms with van der Waals surface area (Å²) in [4.78, 5) is 10.1. The average molecular weight is 154 g/mol. The highest BCUT2D eigenvalue weighted by molar-refractivity contribution is 5.70. The normalized spacial score (nSPS) is 10.3. The Bertz CT molecular complexity index is 168. The van der Waals surface area contributed by atoms with Crippen molar-refractivity contribution in [3.63, 3.8) is 0 Å². The lowest BCUT2D eigenvalue weighted by Crippen LogP contribution is -1.94. The molecule has 62 valence electrons. The Balaban J connectivity index is 3.60. The number of hydrogen-bond acceptors (Lipinski definition) is 1. The van der Waals surface area contributed by atoms with Gasteiger partial charge in [-0.25, -0.2) is 0 Å². The molecule has 2 heteroatoms. The van der Waals surface area contributed by atoms with Gasteiger partial charge in [0.1, 0.15) is 0 Å². The standard InChI is InChI=1S/C9H14O2/c1-3-4-5-6-8(2)7-9(10)11/h5-6H,2-4,7H2,1H3,(H,10,11). The highest BCUT2D eigenvalue weighted by Gasteiger charge is 1.95. The number of carbonyl (C=O) groups is 1. The van der Waals surface area contributed by atoms with E-state index in [0.29, 0.717) is 5.57 Å². The first-order chi connectivity index (χ1) is 5.16. The minimum Gasteiger partial charge on any atom is -0.481 e. The molecule has 0 bridgehead atoms. The lowest BCUT2D eigenvalue weighted by Gasteiger charge is -1.92. The van der Waals surface area contributed by atoms with Crippen LogP contribution in [-0.4, -0.2) is 11.1 Å². The fourth-order valence-corrected chi connectivity index (χ4v) is 0.670. The minimum atomic E-state index is -0.823. The van der Waals surface area contributed by atoms with E-state index in [4.69, 9.17) is 5.11 Å². The van der Waals surface area contributed by atoms with Gasteiger partial charge in [-0.3, -0.25) is 4.79 Å². The van der Waals surface area contributed by atoms with Crippen LogP contribution in [0.3, 0.4) is 0 Å². The Hall–Kier alpha value is -1.05. The second kappa shape index (κ2) is 5.71. The molecule has 0 aromatic rings. The molecule has 0 fully saturated rings. The molecular formula is C9H14O2. The Labute approximate surface area is 67.2 Å². The van der Waals surface area contributed by atoms with Crippen molar-refractivity contribution >= 4 is 5.97 Å². The predicted molar refractivity (Wildman–Crippen MR) is 45.4 cm³/mol. The maximum Gasteiger partial charge on any atom is 0.307 e. The largest absolute Gasteiger partial charge is 0.481 e. The van der Waals surface area contributed by atoms with E-state index in [2.05, 4.69) is 13.5 Å². The summed E-state index contributed by atoms with van der Waals surface area (Å²) in [5.74, 6) is -0.823. The van der Waals surface area contributed by atoms with Gasteiger partial charge in [0.05, 0.1) is 6.42 Å². The summed E-state index contributed by atoms with van der Waals surface area (Å²) in [5, 5.41) is 8.35. The van der Waals surface area contributed by atoms with Crippen molar-refractivity contribution in [3.05, 3.63) is 24.3 Å². The maximum atomic E-state index is 10.1. The van der Waals surface area contributed by atoms with Crippen LogP contribution in [0.1, 0.15) is 26.2 Å². The Morgan fingerprint density at radius 3 is 2.73 bits per heavy atom. The topological polar surface area (TPSA) is 37.3 Å². The summed E-state index contributed by atoms with van der Waals surface area (Å²) in [6.45, 7) is 5.67. The minimum absolute atomic E-state index is 0.0419. The molecule has 0 aromatic carbocycles. The zero-order valence-corrected chi connectivity index (χ0v) is 6.84. The molecule has 0 aromatic heterocycles. The lowest BCUT2D eigenvalue weighted by atomic mass is 10.2. The molecule has 0 rings (SSSR count). The van der Waals surface area contributed by atoms with E-state index in [9.17, 15) is 4.79 Å². The highest BCUT2D eigenvalue weighted by Crippen LogP contribution is 2.01. The van der Waals surface area contributed by atoms with Crippen LogP contribution < -0.4 is 0 Å². The van der Waals surface area contributed by atoms with Gasteiger partial charge in [0.15, 0.2) is 0 Å².